The van der Waals surface area contributed by atoms with E-state index in [-0.39, 0.29) is 5.75 Å². The van der Waals surface area contributed by atoms with Crippen molar-refractivity contribution in [1.29, 1.82) is 0 Å². The van der Waals surface area contributed by atoms with E-state index in [1.807, 2.05) is 42.5 Å². The van der Waals surface area contributed by atoms with Crippen molar-refractivity contribution in [2.75, 3.05) is 0 Å². The van der Waals surface area contributed by atoms with Crippen LogP contribution in [0.1, 0.15) is 5.56 Å². The van der Waals surface area contributed by atoms with Gasteiger partial charge in [0.2, 0.25) is 0 Å². The van der Waals surface area contributed by atoms with Crippen molar-refractivity contribution in [3.63, 3.8) is 0 Å². The molecule has 6 heteroatoms. The van der Waals surface area contributed by atoms with E-state index in [2.05, 4.69) is 29.7 Å². The predicted molar refractivity (Wildman–Crippen MR) is 98.0 cm³/mol. The van der Waals surface area contributed by atoms with Crippen LogP contribution in [-0.2, 0) is 0 Å². The van der Waals surface area contributed by atoms with Gasteiger partial charge in [0.05, 0.1) is 17.4 Å². The summed E-state index contributed by atoms with van der Waals surface area (Å²) in [6.45, 7) is 0. The summed E-state index contributed by atoms with van der Waals surface area (Å²) < 4.78 is 9.49. The zero-order chi connectivity index (χ0) is 15.8. The van der Waals surface area contributed by atoms with Gasteiger partial charge < -0.3 is 5.11 Å². The number of hydrogen-bond donors (Lipinski definition) is 1. The summed E-state index contributed by atoms with van der Waals surface area (Å²) in [5.74, 6) is 0.201. The van der Waals surface area contributed by atoms with Crippen LogP contribution in [0.5, 0.6) is 5.75 Å². The van der Waals surface area contributed by atoms with E-state index < -0.39 is 0 Å². The number of aromatic hydroxyl groups is 1. The van der Waals surface area contributed by atoms with E-state index in [0.717, 1.165) is 32.0 Å². The number of hydrogen-bond acceptors (Lipinski definition) is 5. The lowest BCUT2D eigenvalue weighted by molar-refractivity contribution is 0.475. The Balaban J connectivity index is 1.86. The van der Waals surface area contributed by atoms with Gasteiger partial charge in [-0.3, -0.25) is 4.99 Å². The molecule has 4 aromatic rings. The summed E-state index contributed by atoms with van der Waals surface area (Å²) in [6, 6.07) is 15.2. The van der Waals surface area contributed by atoms with Crippen LogP contribution in [0.2, 0.25) is 0 Å². The largest absolute Gasteiger partial charge is 0.507 e. The summed E-state index contributed by atoms with van der Waals surface area (Å²) in [5, 5.41) is 12.2. The molecule has 23 heavy (non-hydrogen) atoms. The normalized spacial score (nSPS) is 11.7. The highest BCUT2D eigenvalue weighted by Crippen LogP contribution is 2.29. The third-order valence-corrected chi connectivity index (χ3v) is 4.63. The minimum absolute atomic E-state index is 0.201. The highest BCUT2D eigenvalue weighted by molar-refractivity contribution is 9.10. The molecule has 1 N–H and O–H groups in total. The number of phenolic OH excluding ortho intramolecular Hbond substituents is 1. The predicted octanol–water partition coefficient (Wildman–Crippen LogP) is 5.06. The number of fused-ring (bicyclic) bond motifs is 2. The smallest absolute Gasteiger partial charge is 0.130 e. The van der Waals surface area contributed by atoms with Gasteiger partial charge in [-0.1, -0.05) is 34.1 Å². The van der Waals surface area contributed by atoms with E-state index in [9.17, 15) is 5.11 Å². The fourth-order valence-corrected chi connectivity index (χ4v) is 3.40. The summed E-state index contributed by atoms with van der Waals surface area (Å²) in [4.78, 5) is 4.52. The van der Waals surface area contributed by atoms with Gasteiger partial charge in [-0.05, 0) is 41.1 Å². The van der Waals surface area contributed by atoms with Crippen molar-refractivity contribution >= 4 is 61.4 Å². The molecule has 0 amide bonds. The Hall–Kier alpha value is -2.31. The Labute approximate surface area is 144 Å². The molecule has 0 bridgehead atoms. The molecule has 0 atom stereocenters. The SMILES string of the molecule is Oc1ccc2cc(Br)ccc2c1C=Nc1cccc2nsnc12. The first-order chi connectivity index (χ1) is 11.2. The van der Waals surface area contributed by atoms with Gasteiger partial charge in [-0.2, -0.15) is 8.75 Å². The summed E-state index contributed by atoms with van der Waals surface area (Å²) in [7, 11) is 0. The van der Waals surface area contributed by atoms with E-state index in [1.165, 1.54) is 11.7 Å². The zero-order valence-electron chi connectivity index (χ0n) is 11.8. The Morgan fingerprint density at radius 1 is 1.09 bits per heavy atom. The molecule has 1 aromatic heterocycles. The van der Waals surface area contributed by atoms with Crippen LogP contribution < -0.4 is 0 Å². The van der Waals surface area contributed by atoms with E-state index in [0.29, 0.717) is 5.56 Å². The molecular formula is C17H10BrN3OS. The van der Waals surface area contributed by atoms with Gasteiger partial charge >= 0.3 is 0 Å². The Kier molecular flexibility index (Phi) is 3.55. The van der Waals surface area contributed by atoms with Crippen molar-refractivity contribution in [3.05, 3.63) is 58.6 Å². The van der Waals surface area contributed by atoms with Gasteiger partial charge in [-0.15, -0.1) is 0 Å². The number of aliphatic imine (C=N–C) groups is 1. The molecule has 0 radical (unpaired) electrons. The van der Waals surface area contributed by atoms with Gasteiger partial charge in [0, 0.05) is 16.3 Å². The minimum Gasteiger partial charge on any atom is -0.507 e. The van der Waals surface area contributed by atoms with Gasteiger partial charge in [-0.25, -0.2) is 0 Å². The van der Waals surface area contributed by atoms with Crippen molar-refractivity contribution in [1.82, 2.24) is 8.75 Å². The standard InChI is InChI=1S/C17H10BrN3OS/c18-11-5-6-12-10(8-11)4-7-16(22)13(12)9-19-14-2-1-3-15-17(14)21-23-20-15/h1-9,22H. The number of nitrogens with zero attached hydrogens (tertiary/aromatic N) is 3. The van der Waals surface area contributed by atoms with E-state index in [1.54, 1.807) is 12.3 Å². The Morgan fingerprint density at radius 3 is 2.91 bits per heavy atom. The van der Waals surface area contributed by atoms with Crippen LogP contribution in [-0.4, -0.2) is 20.1 Å². The van der Waals surface area contributed by atoms with Gasteiger partial charge in [0.25, 0.3) is 0 Å². The maximum Gasteiger partial charge on any atom is 0.130 e. The first kappa shape index (κ1) is 14.3. The molecule has 4 rings (SSSR count). The molecule has 1 heterocycles. The second-order valence-corrected chi connectivity index (χ2v) is 6.48. The van der Waals surface area contributed by atoms with Crippen molar-refractivity contribution in [2.45, 2.75) is 0 Å². The highest BCUT2D eigenvalue weighted by Gasteiger charge is 2.07. The number of phenols is 1. The van der Waals surface area contributed by atoms with Crippen molar-refractivity contribution in [2.24, 2.45) is 4.99 Å². The van der Waals surface area contributed by atoms with Crippen LogP contribution in [0, 0.1) is 0 Å². The van der Waals surface area contributed by atoms with Gasteiger partial charge in [0.1, 0.15) is 16.8 Å². The molecule has 0 aliphatic rings. The number of halogens is 1. The number of benzene rings is 3. The second kappa shape index (κ2) is 5.72. The summed E-state index contributed by atoms with van der Waals surface area (Å²) in [6.07, 6.45) is 1.68. The molecule has 0 saturated heterocycles. The Bertz CT molecular complexity index is 1060. The third kappa shape index (κ3) is 2.60. The highest BCUT2D eigenvalue weighted by atomic mass is 79.9. The van der Waals surface area contributed by atoms with Gasteiger partial charge in [0.15, 0.2) is 0 Å². The monoisotopic (exact) mass is 383 g/mol. The van der Waals surface area contributed by atoms with Crippen LogP contribution >= 0.6 is 27.7 Å². The number of rotatable bonds is 2. The van der Waals surface area contributed by atoms with E-state index >= 15 is 0 Å². The maximum atomic E-state index is 10.2. The molecule has 0 unspecified atom stereocenters. The number of aromatic nitrogens is 2. The molecule has 4 nitrogen and oxygen atoms in total. The molecule has 112 valence electrons. The molecule has 0 saturated carbocycles. The van der Waals surface area contributed by atoms with Crippen LogP contribution in [0.25, 0.3) is 21.8 Å². The summed E-state index contributed by atoms with van der Waals surface area (Å²) in [5.41, 5.74) is 3.03. The Morgan fingerprint density at radius 2 is 2.00 bits per heavy atom. The molecule has 0 spiro atoms. The second-order valence-electron chi connectivity index (χ2n) is 5.03. The average molecular weight is 384 g/mol. The van der Waals surface area contributed by atoms with Crippen molar-refractivity contribution in [3.8, 4) is 5.75 Å². The molecule has 0 aliphatic heterocycles. The quantitative estimate of drug-likeness (QED) is 0.492. The first-order valence-electron chi connectivity index (χ1n) is 6.89. The minimum atomic E-state index is 0.201. The third-order valence-electron chi connectivity index (χ3n) is 3.60. The lowest BCUT2D eigenvalue weighted by Gasteiger charge is -2.05. The fraction of sp³-hybridized carbons (Fsp3) is 0. The average Bonchev–Trinajstić information content (AvgIpc) is 3.03. The summed E-state index contributed by atoms with van der Waals surface area (Å²) >= 11 is 4.63. The lowest BCUT2D eigenvalue weighted by atomic mass is 10.0. The topological polar surface area (TPSA) is 58.4 Å². The fourth-order valence-electron chi connectivity index (χ4n) is 2.48. The first-order valence-corrected chi connectivity index (χ1v) is 8.41. The molecule has 0 aliphatic carbocycles. The van der Waals surface area contributed by atoms with Crippen molar-refractivity contribution < 1.29 is 5.11 Å². The van der Waals surface area contributed by atoms with Crippen LogP contribution in [0.15, 0.2) is 58.0 Å². The van der Waals surface area contributed by atoms with Crippen LogP contribution in [0.3, 0.4) is 0 Å². The van der Waals surface area contributed by atoms with Crippen LogP contribution in [0.4, 0.5) is 5.69 Å². The molecule has 0 fully saturated rings. The molecular weight excluding hydrogens is 374 g/mol. The molecule has 3 aromatic carbocycles. The van der Waals surface area contributed by atoms with E-state index in [4.69, 9.17) is 0 Å². The lowest BCUT2D eigenvalue weighted by Crippen LogP contribution is -1.86. The maximum absolute atomic E-state index is 10.2. The zero-order valence-corrected chi connectivity index (χ0v) is 14.2.